The van der Waals surface area contributed by atoms with Crippen LogP contribution in [0.5, 0.6) is 0 Å². The Balaban J connectivity index is 1.43. The molecule has 3 heterocycles. The molecule has 4 fully saturated rings. The number of rotatable bonds is 6. The summed E-state index contributed by atoms with van der Waals surface area (Å²) in [7, 11) is 0. The maximum Gasteiger partial charge on any atom is 0.0406 e. The van der Waals surface area contributed by atoms with Crippen molar-refractivity contribution in [1.82, 2.24) is 9.80 Å². The van der Waals surface area contributed by atoms with E-state index >= 15 is 0 Å². The molecule has 7 rings (SSSR count). The topological polar surface area (TPSA) is 6.48 Å². The van der Waals surface area contributed by atoms with E-state index in [9.17, 15) is 0 Å². The standard InChI is InChI=1S/C33H38Cl2N2/c34-28-13-9-26(10-14-28)30-23-33(37-19-5-2-6-20-37)18-22-36(21-17-25-7-3-1-4-8-25)32(30)31(24-33)27-11-15-29(35)16-12-27/h1,3-4,7-16,30-32H,2,5-6,17-24H2/t30-,31-,32?,33?/m0/s1. The largest absolute Gasteiger partial charge is 0.299 e. The summed E-state index contributed by atoms with van der Waals surface area (Å²) in [6, 6.07) is 29.0. The highest BCUT2D eigenvalue weighted by molar-refractivity contribution is 6.30. The average molecular weight is 534 g/mol. The predicted octanol–water partition coefficient (Wildman–Crippen LogP) is 8.20. The van der Waals surface area contributed by atoms with Gasteiger partial charge in [0.25, 0.3) is 0 Å². The number of nitrogens with zero attached hydrogens (tertiary/aromatic N) is 2. The predicted molar refractivity (Wildman–Crippen MR) is 156 cm³/mol. The summed E-state index contributed by atoms with van der Waals surface area (Å²) >= 11 is 12.7. The zero-order chi connectivity index (χ0) is 25.2. The molecule has 0 spiro atoms. The Morgan fingerprint density at radius 1 is 0.676 bits per heavy atom. The van der Waals surface area contributed by atoms with Crippen LogP contribution in [0.2, 0.25) is 10.0 Å². The maximum absolute atomic E-state index is 6.37. The molecule has 1 aliphatic carbocycles. The number of fused-ring (bicyclic) bond motifs is 4. The van der Waals surface area contributed by atoms with Gasteiger partial charge in [-0.2, -0.15) is 0 Å². The number of hydrogen-bond donors (Lipinski definition) is 0. The van der Waals surface area contributed by atoms with E-state index in [1.165, 1.54) is 74.8 Å². The smallest absolute Gasteiger partial charge is 0.0406 e. The van der Waals surface area contributed by atoms with Crippen molar-refractivity contribution in [2.24, 2.45) is 0 Å². The summed E-state index contributed by atoms with van der Waals surface area (Å²) in [5, 5.41) is 1.65. The fourth-order valence-corrected chi connectivity index (χ4v) is 7.90. The first-order valence-corrected chi connectivity index (χ1v) is 14.9. The normalized spacial score (nSPS) is 28.8. The van der Waals surface area contributed by atoms with Gasteiger partial charge in [-0.1, -0.05) is 84.2 Å². The zero-order valence-electron chi connectivity index (χ0n) is 21.7. The molecule has 0 unspecified atom stereocenters. The van der Waals surface area contributed by atoms with E-state index in [0.29, 0.717) is 17.9 Å². The molecule has 4 heteroatoms. The van der Waals surface area contributed by atoms with E-state index in [1.54, 1.807) is 0 Å². The highest BCUT2D eigenvalue weighted by Gasteiger charge is 2.53. The molecule has 3 saturated heterocycles. The Labute approximate surface area is 232 Å². The van der Waals surface area contributed by atoms with Gasteiger partial charge in [0.2, 0.25) is 0 Å². The number of halogens is 2. The summed E-state index contributed by atoms with van der Waals surface area (Å²) in [4.78, 5) is 5.75. The van der Waals surface area contributed by atoms with Crippen LogP contribution >= 0.6 is 23.2 Å². The number of piperidine rings is 1. The lowest BCUT2D eigenvalue weighted by Gasteiger charge is -2.53. The van der Waals surface area contributed by atoms with Crippen LogP contribution in [-0.2, 0) is 6.42 Å². The molecule has 1 saturated carbocycles. The molecule has 2 nitrogen and oxygen atoms in total. The summed E-state index contributed by atoms with van der Waals surface area (Å²) in [6.07, 6.45) is 8.87. The van der Waals surface area contributed by atoms with Crippen LogP contribution in [0.1, 0.15) is 67.1 Å². The third kappa shape index (κ3) is 5.36. The van der Waals surface area contributed by atoms with E-state index in [0.717, 1.165) is 23.0 Å². The minimum Gasteiger partial charge on any atom is -0.299 e. The molecule has 0 radical (unpaired) electrons. The van der Waals surface area contributed by atoms with Crippen molar-refractivity contribution in [3.8, 4) is 0 Å². The van der Waals surface area contributed by atoms with Crippen molar-refractivity contribution in [3.63, 3.8) is 0 Å². The Bertz CT molecular complexity index is 1100. The van der Waals surface area contributed by atoms with E-state index in [-0.39, 0.29) is 5.54 Å². The van der Waals surface area contributed by atoms with E-state index < -0.39 is 0 Å². The lowest BCUT2D eigenvalue weighted by Crippen LogP contribution is -2.56. The third-order valence-electron chi connectivity index (χ3n) is 9.46. The maximum atomic E-state index is 6.37. The first kappa shape index (κ1) is 25.4. The van der Waals surface area contributed by atoms with E-state index in [1.807, 2.05) is 0 Å². The molecular formula is C33H38Cl2N2. The van der Waals surface area contributed by atoms with Gasteiger partial charge < -0.3 is 0 Å². The van der Waals surface area contributed by atoms with Gasteiger partial charge in [0.15, 0.2) is 0 Å². The van der Waals surface area contributed by atoms with Crippen LogP contribution in [-0.4, -0.2) is 47.6 Å². The fourth-order valence-electron chi connectivity index (χ4n) is 7.65. The van der Waals surface area contributed by atoms with Crippen LogP contribution in [0.3, 0.4) is 0 Å². The van der Waals surface area contributed by atoms with Gasteiger partial charge in [-0.3, -0.25) is 9.80 Å². The highest BCUT2D eigenvalue weighted by atomic mass is 35.5. The Kier molecular flexibility index (Phi) is 7.63. The summed E-state index contributed by atoms with van der Waals surface area (Å²) < 4.78 is 0. The van der Waals surface area contributed by atoms with Crippen molar-refractivity contribution in [1.29, 1.82) is 0 Å². The van der Waals surface area contributed by atoms with Gasteiger partial charge >= 0.3 is 0 Å². The lowest BCUT2D eigenvalue weighted by atomic mass is 9.63. The number of likely N-dealkylation sites (tertiary alicyclic amines) is 1. The Morgan fingerprint density at radius 2 is 1.24 bits per heavy atom. The van der Waals surface area contributed by atoms with E-state index in [2.05, 4.69) is 88.7 Å². The van der Waals surface area contributed by atoms with Crippen LogP contribution in [0, 0.1) is 0 Å². The van der Waals surface area contributed by atoms with Crippen LogP contribution in [0.15, 0.2) is 78.9 Å². The second-order valence-electron chi connectivity index (χ2n) is 11.5. The molecule has 4 aliphatic rings. The molecular weight excluding hydrogens is 495 g/mol. The summed E-state index contributed by atoms with van der Waals surface area (Å²) in [5.41, 5.74) is 4.56. The van der Waals surface area contributed by atoms with Crippen LogP contribution in [0.4, 0.5) is 0 Å². The lowest BCUT2D eigenvalue weighted by molar-refractivity contribution is 0.0162. The molecule has 2 bridgehead atoms. The Morgan fingerprint density at radius 3 is 1.81 bits per heavy atom. The van der Waals surface area contributed by atoms with Crippen LogP contribution in [0.25, 0.3) is 0 Å². The molecule has 0 N–H and O–H groups in total. The number of hydrogen-bond acceptors (Lipinski definition) is 2. The van der Waals surface area contributed by atoms with Crippen molar-refractivity contribution in [2.45, 2.75) is 68.4 Å². The van der Waals surface area contributed by atoms with Gasteiger partial charge in [-0.15, -0.1) is 0 Å². The number of benzene rings is 3. The van der Waals surface area contributed by atoms with Gasteiger partial charge in [0.1, 0.15) is 0 Å². The van der Waals surface area contributed by atoms with Gasteiger partial charge in [0.05, 0.1) is 0 Å². The van der Waals surface area contributed by atoms with Crippen molar-refractivity contribution in [2.75, 3.05) is 26.2 Å². The first-order valence-electron chi connectivity index (χ1n) is 14.2. The minimum atomic E-state index is 0.243. The second-order valence-corrected chi connectivity index (χ2v) is 12.4. The quantitative estimate of drug-likeness (QED) is 0.315. The average Bonchev–Trinajstić information content (AvgIpc) is 3.21. The molecule has 3 aliphatic heterocycles. The van der Waals surface area contributed by atoms with Gasteiger partial charge in [-0.25, -0.2) is 0 Å². The van der Waals surface area contributed by atoms with Crippen LogP contribution < -0.4 is 0 Å². The van der Waals surface area contributed by atoms with E-state index in [4.69, 9.17) is 23.2 Å². The SMILES string of the molecule is Clc1ccc([C@@H]2CC3(N4CCCCC4)CCN(CCc4ccccc4)C2[C@H](c2ccc(Cl)cc2)C3)cc1. The fraction of sp³-hybridized carbons (Fsp3) is 0.455. The molecule has 0 aromatic heterocycles. The molecule has 37 heavy (non-hydrogen) atoms. The van der Waals surface area contributed by atoms with Crippen molar-refractivity contribution in [3.05, 3.63) is 106 Å². The zero-order valence-corrected chi connectivity index (χ0v) is 23.2. The molecule has 3 aromatic carbocycles. The Hall–Kier alpha value is -1.84. The summed E-state index contributed by atoms with van der Waals surface area (Å²) in [5.74, 6) is 0.957. The summed E-state index contributed by atoms with van der Waals surface area (Å²) in [6.45, 7) is 4.76. The molecule has 194 valence electrons. The molecule has 3 aromatic rings. The van der Waals surface area contributed by atoms with Crippen molar-refractivity contribution < 1.29 is 0 Å². The minimum absolute atomic E-state index is 0.243. The second kappa shape index (κ2) is 11.1. The third-order valence-corrected chi connectivity index (χ3v) is 9.97. The van der Waals surface area contributed by atoms with Gasteiger partial charge in [-0.05, 0) is 92.6 Å². The monoisotopic (exact) mass is 532 g/mol. The molecule has 0 amide bonds. The highest BCUT2D eigenvalue weighted by Crippen LogP contribution is 2.54. The van der Waals surface area contributed by atoms with Gasteiger partial charge in [0, 0.05) is 46.6 Å². The first-order chi connectivity index (χ1) is 18.1. The molecule has 2 atom stereocenters. The van der Waals surface area contributed by atoms with Crippen molar-refractivity contribution >= 4 is 23.2 Å².